The summed E-state index contributed by atoms with van der Waals surface area (Å²) in [5, 5.41) is 9.53. The second-order valence-electron chi connectivity index (χ2n) is 3.70. The highest BCUT2D eigenvalue weighted by atomic mass is 32.1. The first-order valence-corrected chi connectivity index (χ1v) is 6.19. The van der Waals surface area contributed by atoms with Crippen molar-refractivity contribution in [2.45, 2.75) is 52.1 Å². The molecule has 0 spiro atoms. The lowest BCUT2D eigenvalue weighted by atomic mass is 10.1. The van der Waals surface area contributed by atoms with Crippen molar-refractivity contribution in [1.29, 1.82) is 0 Å². The molecule has 80 valence electrons. The zero-order chi connectivity index (χ0) is 10.4. The molecule has 0 aliphatic carbocycles. The van der Waals surface area contributed by atoms with Crippen molar-refractivity contribution >= 4 is 11.3 Å². The van der Waals surface area contributed by atoms with Crippen molar-refractivity contribution in [1.82, 2.24) is 4.98 Å². The van der Waals surface area contributed by atoms with Gasteiger partial charge in [-0.05, 0) is 32.6 Å². The van der Waals surface area contributed by atoms with E-state index in [9.17, 15) is 5.11 Å². The lowest BCUT2D eigenvalue weighted by Gasteiger charge is -2.07. The van der Waals surface area contributed by atoms with Gasteiger partial charge >= 0.3 is 0 Å². The second-order valence-corrected chi connectivity index (χ2v) is 4.63. The third-order valence-electron chi connectivity index (χ3n) is 2.41. The molecule has 0 aliphatic heterocycles. The van der Waals surface area contributed by atoms with Crippen LogP contribution in [0.1, 0.15) is 43.2 Å². The van der Waals surface area contributed by atoms with Crippen LogP contribution in [0.25, 0.3) is 0 Å². The van der Waals surface area contributed by atoms with E-state index in [1.54, 1.807) is 11.3 Å². The molecule has 1 N–H and O–H groups in total. The van der Waals surface area contributed by atoms with E-state index in [1.807, 2.05) is 12.4 Å². The van der Waals surface area contributed by atoms with E-state index in [0.29, 0.717) is 0 Å². The lowest BCUT2D eigenvalue weighted by Crippen LogP contribution is -2.05. The summed E-state index contributed by atoms with van der Waals surface area (Å²) >= 11 is 1.72. The number of hydrogen-bond donors (Lipinski definition) is 1. The molecule has 0 saturated carbocycles. The van der Waals surface area contributed by atoms with Crippen molar-refractivity contribution < 1.29 is 5.11 Å². The van der Waals surface area contributed by atoms with Gasteiger partial charge in [0.1, 0.15) is 0 Å². The number of aromatic nitrogens is 1. The Morgan fingerprint density at radius 3 is 2.86 bits per heavy atom. The summed E-state index contributed by atoms with van der Waals surface area (Å²) in [5.41, 5.74) is 3.05. The Balaban J connectivity index is 2.19. The van der Waals surface area contributed by atoms with E-state index in [2.05, 4.69) is 11.9 Å². The Morgan fingerprint density at radius 2 is 2.29 bits per heavy atom. The van der Waals surface area contributed by atoms with Gasteiger partial charge in [-0.2, -0.15) is 0 Å². The van der Waals surface area contributed by atoms with Gasteiger partial charge in [-0.15, -0.1) is 11.3 Å². The number of hydrogen-bond acceptors (Lipinski definition) is 3. The van der Waals surface area contributed by atoms with Gasteiger partial charge in [-0.25, -0.2) is 4.98 Å². The molecule has 0 fully saturated rings. The molecule has 1 aromatic rings. The van der Waals surface area contributed by atoms with Crippen molar-refractivity contribution in [2.75, 3.05) is 0 Å². The Labute approximate surface area is 90.0 Å². The molecule has 1 unspecified atom stereocenters. The molecule has 1 aromatic heterocycles. The molecule has 14 heavy (non-hydrogen) atoms. The maximum absolute atomic E-state index is 9.53. The molecule has 1 rings (SSSR count). The van der Waals surface area contributed by atoms with Crippen molar-refractivity contribution in [3.63, 3.8) is 0 Å². The molecule has 1 heterocycles. The monoisotopic (exact) mass is 213 g/mol. The number of nitrogens with zero attached hydrogens (tertiary/aromatic N) is 1. The molecular formula is C11H19NOS. The van der Waals surface area contributed by atoms with Crippen LogP contribution in [0, 0.1) is 6.92 Å². The van der Waals surface area contributed by atoms with Gasteiger partial charge in [-0.3, -0.25) is 0 Å². The highest BCUT2D eigenvalue weighted by molar-refractivity contribution is 7.09. The molecule has 3 heteroatoms. The number of rotatable bonds is 6. The summed E-state index contributed by atoms with van der Waals surface area (Å²) in [6, 6.07) is 0. The quantitative estimate of drug-likeness (QED) is 0.788. The van der Waals surface area contributed by atoms with Gasteiger partial charge in [0.05, 0.1) is 17.3 Å². The van der Waals surface area contributed by atoms with Crippen LogP contribution in [0.15, 0.2) is 5.51 Å². The SMILES string of the molecule is CCCC(O)CCCc1scnc1C. The van der Waals surface area contributed by atoms with Crippen molar-refractivity contribution in [3.8, 4) is 0 Å². The highest BCUT2D eigenvalue weighted by Crippen LogP contribution is 2.16. The minimum Gasteiger partial charge on any atom is -0.393 e. The van der Waals surface area contributed by atoms with Gasteiger partial charge in [0.2, 0.25) is 0 Å². The topological polar surface area (TPSA) is 33.1 Å². The number of aliphatic hydroxyl groups is 1. The maximum Gasteiger partial charge on any atom is 0.0797 e. The fourth-order valence-electron chi connectivity index (χ4n) is 1.54. The van der Waals surface area contributed by atoms with Crippen LogP contribution in [0.4, 0.5) is 0 Å². The average Bonchev–Trinajstić information content (AvgIpc) is 2.52. The summed E-state index contributed by atoms with van der Waals surface area (Å²) in [4.78, 5) is 5.58. The first kappa shape index (κ1) is 11.7. The maximum atomic E-state index is 9.53. The normalized spacial score (nSPS) is 13.1. The molecule has 0 aliphatic rings. The molecule has 0 aromatic carbocycles. The predicted octanol–water partition coefficient (Wildman–Crippen LogP) is 2.94. The average molecular weight is 213 g/mol. The largest absolute Gasteiger partial charge is 0.393 e. The smallest absolute Gasteiger partial charge is 0.0797 e. The summed E-state index contributed by atoms with van der Waals surface area (Å²) in [5.74, 6) is 0. The van der Waals surface area contributed by atoms with E-state index in [1.165, 1.54) is 4.88 Å². The van der Waals surface area contributed by atoms with Crippen LogP contribution >= 0.6 is 11.3 Å². The molecule has 0 saturated heterocycles. The van der Waals surface area contributed by atoms with Gasteiger partial charge < -0.3 is 5.11 Å². The fourth-order valence-corrected chi connectivity index (χ4v) is 2.37. The summed E-state index contributed by atoms with van der Waals surface area (Å²) < 4.78 is 0. The van der Waals surface area contributed by atoms with Crippen LogP contribution in [-0.4, -0.2) is 16.2 Å². The number of aryl methyl sites for hydroxylation is 2. The zero-order valence-electron chi connectivity index (χ0n) is 8.99. The first-order valence-electron chi connectivity index (χ1n) is 5.31. The molecular weight excluding hydrogens is 194 g/mol. The van der Waals surface area contributed by atoms with Gasteiger partial charge in [0.15, 0.2) is 0 Å². The molecule has 0 amide bonds. The van der Waals surface area contributed by atoms with E-state index >= 15 is 0 Å². The Kier molecular flexibility index (Phi) is 5.12. The molecule has 2 nitrogen and oxygen atoms in total. The van der Waals surface area contributed by atoms with Crippen LogP contribution in [-0.2, 0) is 6.42 Å². The second kappa shape index (κ2) is 6.14. The fraction of sp³-hybridized carbons (Fsp3) is 0.727. The Bertz CT molecular complexity index is 260. The third-order valence-corrected chi connectivity index (χ3v) is 3.40. The van der Waals surface area contributed by atoms with E-state index < -0.39 is 0 Å². The molecule has 0 radical (unpaired) electrons. The van der Waals surface area contributed by atoms with E-state index in [0.717, 1.165) is 37.8 Å². The predicted molar refractivity (Wildman–Crippen MR) is 60.7 cm³/mol. The zero-order valence-corrected chi connectivity index (χ0v) is 9.81. The Hall–Kier alpha value is -0.410. The van der Waals surface area contributed by atoms with Crippen LogP contribution in [0.5, 0.6) is 0 Å². The highest BCUT2D eigenvalue weighted by Gasteiger charge is 2.05. The number of aliphatic hydroxyl groups excluding tert-OH is 1. The lowest BCUT2D eigenvalue weighted by molar-refractivity contribution is 0.151. The van der Waals surface area contributed by atoms with Crippen LogP contribution in [0.2, 0.25) is 0 Å². The third kappa shape index (κ3) is 3.76. The first-order chi connectivity index (χ1) is 6.74. The van der Waals surface area contributed by atoms with Crippen LogP contribution in [0.3, 0.4) is 0 Å². The summed E-state index contributed by atoms with van der Waals surface area (Å²) in [6.07, 6.45) is 4.96. The standard InChI is InChI=1S/C11H19NOS/c1-3-5-10(13)6-4-7-11-9(2)12-8-14-11/h8,10,13H,3-7H2,1-2H3. The number of thiazole rings is 1. The Morgan fingerprint density at radius 1 is 1.50 bits per heavy atom. The minimum absolute atomic E-state index is 0.103. The minimum atomic E-state index is -0.103. The van der Waals surface area contributed by atoms with Crippen molar-refractivity contribution in [2.24, 2.45) is 0 Å². The molecule has 0 bridgehead atoms. The van der Waals surface area contributed by atoms with Crippen molar-refractivity contribution in [3.05, 3.63) is 16.1 Å². The van der Waals surface area contributed by atoms with Gasteiger partial charge in [0, 0.05) is 4.88 Å². The van der Waals surface area contributed by atoms with Crippen LogP contribution < -0.4 is 0 Å². The summed E-state index contributed by atoms with van der Waals surface area (Å²) in [6.45, 7) is 4.16. The molecule has 1 atom stereocenters. The van der Waals surface area contributed by atoms with E-state index in [-0.39, 0.29) is 6.10 Å². The van der Waals surface area contributed by atoms with E-state index in [4.69, 9.17) is 0 Å². The summed E-state index contributed by atoms with van der Waals surface area (Å²) in [7, 11) is 0. The van der Waals surface area contributed by atoms with Gasteiger partial charge in [0.25, 0.3) is 0 Å². The van der Waals surface area contributed by atoms with Gasteiger partial charge in [-0.1, -0.05) is 13.3 Å².